The van der Waals surface area contributed by atoms with Gasteiger partial charge in [-0.25, -0.2) is 9.97 Å². The second kappa shape index (κ2) is 7.39. The molecule has 0 aliphatic carbocycles. The molecule has 2 aromatic heterocycles. The average molecular weight is 407 g/mol. The van der Waals surface area contributed by atoms with Gasteiger partial charge in [0.2, 0.25) is 5.91 Å². The van der Waals surface area contributed by atoms with Crippen molar-refractivity contribution >= 4 is 55.9 Å². The molecule has 1 saturated heterocycles. The second-order valence-corrected chi connectivity index (χ2v) is 7.90. The highest BCUT2D eigenvalue weighted by Crippen LogP contribution is 2.28. The van der Waals surface area contributed by atoms with E-state index in [1.54, 1.807) is 29.7 Å². The summed E-state index contributed by atoms with van der Waals surface area (Å²) < 4.78 is 0. The van der Waals surface area contributed by atoms with E-state index in [4.69, 9.17) is 23.2 Å². The monoisotopic (exact) mass is 406 g/mol. The SMILES string of the molecule is O=C(Cc1ccc(Cl)cc1Cl)N1CCN(c2nc3cccnc3s2)CC1. The quantitative estimate of drug-likeness (QED) is 0.661. The first-order valence-corrected chi connectivity index (χ1v) is 9.85. The lowest BCUT2D eigenvalue weighted by Crippen LogP contribution is -2.49. The number of piperazine rings is 1. The van der Waals surface area contributed by atoms with Crippen LogP contribution in [-0.2, 0) is 11.2 Å². The third-order valence-corrected chi connectivity index (χ3v) is 6.04. The van der Waals surface area contributed by atoms with Gasteiger partial charge in [0.15, 0.2) is 5.13 Å². The van der Waals surface area contributed by atoms with E-state index in [1.165, 1.54) is 0 Å². The lowest BCUT2D eigenvalue weighted by atomic mass is 10.1. The van der Waals surface area contributed by atoms with Crippen LogP contribution in [0.2, 0.25) is 10.0 Å². The number of nitrogens with zero attached hydrogens (tertiary/aromatic N) is 4. The van der Waals surface area contributed by atoms with Crippen LogP contribution in [0.15, 0.2) is 36.5 Å². The zero-order valence-corrected chi connectivity index (χ0v) is 16.2. The summed E-state index contributed by atoms with van der Waals surface area (Å²) in [6, 6.07) is 9.11. The molecule has 1 fully saturated rings. The Kier molecular flexibility index (Phi) is 4.98. The molecule has 4 rings (SSSR count). The van der Waals surface area contributed by atoms with Gasteiger partial charge in [0, 0.05) is 42.4 Å². The summed E-state index contributed by atoms with van der Waals surface area (Å²) in [5, 5.41) is 2.07. The van der Waals surface area contributed by atoms with Crippen LogP contribution in [0.3, 0.4) is 0 Å². The van der Waals surface area contributed by atoms with Crippen LogP contribution < -0.4 is 4.90 Å². The molecule has 1 amide bonds. The van der Waals surface area contributed by atoms with Crippen LogP contribution in [0.4, 0.5) is 5.13 Å². The largest absolute Gasteiger partial charge is 0.344 e. The molecule has 0 unspecified atom stereocenters. The van der Waals surface area contributed by atoms with E-state index >= 15 is 0 Å². The number of thiazole rings is 1. The fraction of sp³-hybridized carbons (Fsp3) is 0.278. The van der Waals surface area contributed by atoms with Crippen LogP contribution in [0.5, 0.6) is 0 Å². The van der Waals surface area contributed by atoms with Gasteiger partial charge in [-0.3, -0.25) is 4.79 Å². The Morgan fingerprint density at radius 2 is 1.96 bits per heavy atom. The highest BCUT2D eigenvalue weighted by Gasteiger charge is 2.23. The van der Waals surface area contributed by atoms with Crippen molar-refractivity contribution in [1.82, 2.24) is 14.9 Å². The molecule has 26 heavy (non-hydrogen) atoms. The van der Waals surface area contributed by atoms with Gasteiger partial charge in [-0.05, 0) is 29.8 Å². The van der Waals surface area contributed by atoms with E-state index in [0.717, 1.165) is 34.1 Å². The van der Waals surface area contributed by atoms with Crippen LogP contribution in [-0.4, -0.2) is 47.0 Å². The van der Waals surface area contributed by atoms with Gasteiger partial charge in [-0.1, -0.05) is 40.6 Å². The van der Waals surface area contributed by atoms with E-state index in [2.05, 4.69) is 14.9 Å². The minimum atomic E-state index is 0.0832. The number of hydrogen-bond acceptors (Lipinski definition) is 5. The molecule has 1 aromatic carbocycles. The summed E-state index contributed by atoms with van der Waals surface area (Å²) in [6.07, 6.45) is 2.07. The van der Waals surface area contributed by atoms with E-state index in [-0.39, 0.29) is 5.91 Å². The Morgan fingerprint density at radius 1 is 1.15 bits per heavy atom. The molecule has 0 bridgehead atoms. The fourth-order valence-corrected chi connectivity index (χ4v) is 4.42. The van der Waals surface area contributed by atoms with Crippen LogP contribution in [0.25, 0.3) is 10.3 Å². The van der Waals surface area contributed by atoms with Gasteiger partial charge in [0.1, 0.15) is 10.3 Å². The number of benzene rings is 1. The zero-order valence-electron chi connectivity index (χ0n) is 13.9. The number of aromatic nitrogens is 2. The number of amides is 1. The van der Waals surface area contributed by atoms with Crippen molar-refractivity contribution in [3.8, 4) is 0 Å². The first-order chi connectivity index (χ1) is 12.6. The van der Waals surface area contributed by atoms with E-state index in [9.17, 15) is 4.79 Å². The molecule has 0 N–H and O–H groups in total. The molecule has 0 atom stereocenters. The Labute approximate surface area is 165 Å². The Balaban J connectivity index is 1.39. The van der Waals surface area contributed by atoms with E-state index in [0.29, 0.717) is 29.6 Å². The van der Waals surface area contributed by atoms with Gasteiger partial charge in [0.05, 0.1) is 6.42 Å². The summed E-state index contributed by atoms with van der Waals surface area (Å²) >= 11 is 13.7. The Bertz CT molecular complexity index is 920. The summed E-state index contributed by atoms with van der Waals surface area (Å²) in [5.41, 5.74) is 1.73. The lowest BCUT2D eigenvalue weighted by molar-refractivity contribution is -0.130. The van der Waals surface area contributed by atoms with E-state index < -0.39 is 0 Å². The first kappa shape index (κ1) is 17.5. The van der Waals surface area contributed by atoms with Crippen LogP contribution in [0.1, 0.15) is 5.56 Å². The normalized spacial score (nSPS) is 14.8. The zero-order chi connectivity index (χ0) is 18.1. The minimum Gasteiger partial charge on any atom is -0.344 e. The number of anilines is 1. The molecule has 3 heterocycles. The van der Waals surface area contributed by atoms with Crippen molar-refractivity contribution in [2.75, 3.05) is 31.1 Å². The van der Waals surface area contributed by atoms with Crippen molar-refractivity contribution in [3.05, 3.63) is 52.1 Å². The number of pyridine rings is 1. The number of rotatable bonds is 3. The van der Waals surface area contributed by atoms with Gasteiger partial charge < -0.3 is 9.80 Å². The first-order valence-electron chi connectivity index (χ1n) is 8.28. The molecular formula is C18H16Cl2N4OS. The standard InChI is InChI=1S/C18H16Cl2N4OS/c19-13-4-3-12(14(20)11-13)10-16(25)23-6-8-24(9-7-23)18-22-15-2-1-5-21-17(15)26-18/h1-5,11H,6-10H2. The summed E-state index contributed by atoms with van der Waals surface area (Å²) in [4.78, 5) is 26.6. The number of hydrogen-bond donors (Lipinski definition) is 0. The third-order valence-electron chi connectivity index (χ3n) is 4.41. The second-order valence-electron chi connectivity index (χ2n) is 6.10. The van der Waals surface area contributed by atoms with Gasteiger partial charge in [-0.2, -0.15) is 0 Å². The Morgan fingerprint density at radius 3 is 2.69 bits per heavy atom. The van der Waals surface area contributed by atoms with Crippen molar-refractivity contribution < 1.29 is 4.79 Å². The van der Waals surface area contributed by atoms with Crippen molar-refractivity contribution in [2.45, 2.75) is 6.42 Å². The number of carbonyl (C=O) groups excluding carboxylic acids is 1. The van der Waals surface area contributed by atoms with Crippen LogP contribution in [0, 0.1) is 0 Å². The molecule has 8 heteroatoms. The summed E-state index contributed by atoms with van der Waals surface area (Å²) in [5.74, 6) is 0.0832. The summed E-state index contributed by atoms with van der Waals surface area (Å²) in [6.45, 7) is 2.88. The van der Waals surface area contributed by atoms with E-state index in [1.807, 2.05) is 23.1 Å². The molecule has 3 aromatic rings. The molecular weight excluding hydrogens is 391 g/mol. The Hall–Kier alpha value is -1.89. The smallest absolute Gasteiger partial charge is 0.227 e. The van der Waals surface area contributed by atoms with Crippen molar-refractivity contribution in [1.29, 1.82) is 0 Å². The summed E-state index contributed by atoms with van der Waals surface area (Å²) in [7, 11) is 0. The maximum absolute atomic E-state index is 12.6. The molecule has 0 saturated carbocycles. The maximum atomic E-state index is 12.6. The predicted molar refractivity (Wildman–Crippen MR) is 106 cm³/mol. The number of halogens is 2. The third kappa shape index (κ3) is 3.63. The van der Waals surface area contributed by atoms with Crippen LogP contribution >= 0.6 is 34.5 Å². The predicted octanol–water partition coefficient (Wildman–Crippen LogP) is 3.89. The number of carbonyl (C=O) groups is 1. The highest BCUT2D eigenvalue weighted by atomic mass is 35.5. The maximum Gasteiger partial charge on any atom is 0.227 e. The molecule has 0 spiro atoms. The molecule has 0 radical (unpaired) electrons. The van der Waals surface area contributed by atoms with Gasteiger partial charge in [0.25, 0.3) is 0 Å². The average Bonchev–Trinajstić information content (AvgIpc) is 3.08. The molecule has 134 valence electrons. The highest BCUT2D eigenvalue weighted by molar-refractivity contribution is 7.21. The molecule has 1 aliphatic heterocycles. The molecule has 5 nitrogen and oxygen atoms in total. The van der Waals surface area contributed by atoms with Gasteiger partial charge in [-0.15, -0.1) is 0 Å². The van der Waals surface area contributed by atoms with Crippen molar-refractivity contribution in [2.24, 2.45) is 0 Å². The fourth-order valence-electron chi connectivity index (χ4n) is 2.98. The van der Waals surface area contributed by atoms with Gasteiger partial charge >= 0.3 is 0 Å². The molecule has 1 aliphatic rings. The van der Waals surface area contributed by atoms with Crippen molar-refractivity contribution in [3.63, 3.8) is 0 Å². The lowest BCUT2D eigenvalue weighted by Gasteiger charge is -2.34. The minimum absolute atomic E-state index is 0.0832. The topological polar surface area (TPSA) is 49.3 Å². The number of fused-ring (bicyclic) bond motifs is 1.